The molecule has 1 amide bonds. The Morgan fingerprint density at radius 1 is 0.380 bits per heavy atom. The van der Waals surface area contributed by atoms with Gasteiger partial charge in [-0.15, -0.1) is 0 Å². The minimum absolute atomic E-state index is 0.00812. The first-order chi connectivity index (χ1) is 35.0. The van der Waals surface area contributed by atoms with Gasteiger partial charge >= 0.3 is 5.97 Å². The van der Waals surface area contributed by atoms with Crippen molar-refractivity contribution in [2.24, 2.45) is 0 Å². The number of rotatable bonds is 59. The van der Waals surface area contributed by atoms with Crippen LogP contribution in [0.5, 0.6) is 0 Å². The molecule has 418 valence electrons. The largest absolute Gasteiger partial charge is 0.466 e. The van der Waals surface area contributed by atoms with Crippen molar-refractivity contribution in [3.63, 3.8) is 0 Å². The van der Waals surface area contributed by atoms with Crippen LogP contribution in [0.3, 0.4) is 0 Å². The predicted molar refractivity (Wildman–Crippen MR) is 310 cm³/mol. The third-order valence-electron chi connectivity index (χ3n) is 14.6. The second-order valence-corrected chi connectivity index (χ2v) is 21.7. The highest BCUT2D eigenvalue weighted by atomic mass is 16.5. The molecule has 3 N–H and O–H groups in total. The molecule has 0 aromatic carbocycles. The van der Waals surface area contributed by atoms with Gasteiger partial charge in [-0.3, -0.25) is 9.59 Å². The average Bonchev–Trinajstić information content (AvgIpc) is 3.37. The normalized spacial score (nSPS) is 12.8. The highest BCUT2D eigenvalue weighted by Gasteiger charge is 2.18. The molecule has 0 saturated carbocycles. The second-order valence-electron chi connectivity index (χ2n) is 21.7. The predicted octanol–water partition coefficient (Wildman–Crippen LogP) is 20.0. The van der Waals surface area contributed by atoms with E-state index in [0.717, 1.165) is 44.9 Å². The van der Waals surface area contributed by atoms with Crippen molar-refractivity contribution in [3.8, 4) is 0 Å². The van der Waals surface area contributed by atoms with E-state index in [-0.39, 0.29) is 18.5 Å². The highest BCUT2D eigenvalue weighted by molar-refractivity contribution is 5.76. The second kappa shape index (κ2) is 60.6. The van der Waals surface area contributed by atoms with Crippen molar-refractivity contribution in [2.45, 2.75) is 353 Å². The summed E-state index contributed by atoms with van der Waals surface area (Å²) >= 11 is 0. The number of allylic oxidation sites excluding steroid dienone is 5. The van der Waals surface area contributed by atoms with E-state index in [4.69, 9.17) is 4.74 Å². The maximum absolute atomic E-state index is 12.4. The lowest BCUT2D eigenvalue weighted by Gasteiger charge is -2.20. The zero-order valence-electron chi connectivity index (χ0n) is 47.7. The lowest BCUT2D eigenvalue weighted by Crippen LogP contribution is -2.45. The Labute approximate surface area is 443 Å². The molecular formula is C65H123NO5. The summed E-state index contributed by atoms with van der Waals surface area (Å²) in [6.07, 6.45) is 76.4. The highest BCUT2D eigenvalue weighted by Crippen LogP contribution is 2.17. The number of nitrogens with one attached hydrogen (secondary N) is 1. The van der Waals surface area contributed by atoms with Crippen LogP contribution in [-0.2, 0) is 14.3 Å². The molecule has 2 atom stereocenters. The topological polar surface area (TPSA) is 95.9 Å². The van der Waals surface area contributed by atoms with Gasteiger partial charge in [-0.1, -0.05) is 281 Å². The number of hydrogen-bond acceptors (Lipinski definition) is 5. The van der Waals surface area contributed by atoms with Crippen molar-refractivity contribution in [3.05, 3.63) is 36.5 Å². The maximum atomic E-state index is 12.4. The minimum Gasteiger partial charge on any atom is -0.466 e. The Kier molecular flexibility index (Phi) is 59.0. The van der Waals surface area contributed by atoms with E-state index >= 15 is 0 Å². The van der Waals surface area contributed by atoms with Gasteiger partial charge in [-0.25, -0.2) is 0 Å². The van der Waals surface area contributed by atoms with Crippen molar-refractivity contribution in [1.82, 2.24) is 5.32 Å². The fourth-order valence-corrected chi connectivity index (χ4v) is 9.74. The molecule has 0 bridgehead atoms. The van der Waals surface area contributed by atoms with Crippen molar-refractivity contribution >= 4 is 11.9 Å². The number of unbranched alkanes of at least 4 members (excludes halogenated alkanes) is 44. The summed E-state index contributed by atoms with van der Waals surface area (Å²) in [6.45, 7) is 4.89. The molecule has 0 aliphatic rings. The van der Waals surface area contributed by atoms with E-state index in [1.807, 2.05) is 6.08 Å². The summed E-state index contributed by atoms with van der Waals surface area (Å²) in [7, 11) is 0. The molecule has 2 unspecified atom stereocenters. The smallest absolute Gasteiger partial charge is 0.305 e. The molecule has 0 rings (SSSR count). The van der Waals surface area contributed by atoms with Crippen LogP contribution >= 0.6 is 0 Å². The Morgan fingerprint density at radius 2 is 0.662 bits per heavy atom. The first-order valence-corrected chi connectivity index (χ1v) is 31.8. The van der Waals surface area contributed by atoms with E-state index in [2.05, 4.69) is 43.5 Å². The number of aliphatic hydroxyl groups is 2. The number of hydrogen-bond donors (Lipinski definition) is 3. The van der Waals surface area contributed by atoms with Crippen molar-refractivity contribution in [1.29, 1.82) is 0 Å². The van der Waals surface area contributed by atoms with Gasteiger partial charge in [0.1, 0.15) is 0 Å². The molecule has 0 spiro atoms. The summed E-state index contributed by atoms with van der Waals surface area (Å²) < 4.78 is 5.48. The molecule has 0 radical (unpaired) electrons. The molecule has 0 heterocycles. The van der Waals surface area contributed by atoms with Gasteiger partial charge in [0, 0.05) is 12.8 Å². The van der Waals surface area contributed by atoms with Gasteiger partial charge < -0.3 is 20.3 Å². The zero-order chi connectivity index (χ0) is 51.4. The third-order valence-corrected chi connectivity index (χ3v) is 14.6. The van der Waals surface area contributed by atoms with Crippen molar-refractivity contribution < 1.29 is 24.5 Å². The summed E-state index contributed by atoms with van der Waals surface area (Å²) in [4.78, 5) is 24.5. The van der Waals surface area contributed by atoms with Gasteiger partial charge in [0.25, 0.3) is 0 Å². The van der Waals surface area contributed by atoms with Crippen LogP contribution in [0.1, 0.15) is 341 Å². The summed E-state index contributed by atoms with van der Waals surface area (Å²) in [6, 6.07) is -0.625. The average molecular weight is 999 g/mol. The number of ether oxygens (including phenoxy) is 1. The molecule has 6 nitrogen and oxygen atoms in total. The quantitative estimate of drug-likeness (QED) is 0.0321. The van der Waals surface area contributed by atoms with E-state index in [0.29, 0.717) is 19.4 Å². The van der Waals surface area contributed by atoms with Crippen LogP contribution in [0.15, 0.2) is 36.5 Å². The molecule has 0 aromatic rings. The first-order valence-electron chi connectivity index (χ1n) is 31.8. The van der Waals surface area contributed by atoms with Crippen LogP contribution in [0.2, 0.25) is 0 Å². The Balaban J connectivity index is 3.36. The molecule has 0 aliphatic heterocycles. The van der Waals surface area contributed by atoms with Gasteiger partial charge in [0.2, 0.25) is 5.91 Å². The fourth-order valence-electron chi connectivity index (χ4n) is 9.74. The van der Waals surface area contributed by atoms with Crippen molar-refractivity contribution in [2.75, 3.05) is 13.2 Å². The van der Waals surface area contributed by atoms with Crippen LogP contribution < -0.4 is 5.32 Å². The summed E-state index contributed by atoms with van der Waals surface area (Å²) in [5, 5.41) is 23.0. The lowest BCUT2D eigenvalue weighted by atomic mass is 10.0. The first kappa shape index (κ1) is 69.1. The molecular weight excluding hydrogens is 875 g/mol. The summed E-state index contributed by atoms with van der Waals surface area (Å²) in [5.41, 5.74) is 0. The molecule has 6 heteroatoms. The van der Waals surface area contributed by atoms with Gasteiger partial charge in [-0.05, 0) is 83.5 Å². The number of carbonyl (C=O) groups excluding carboxylic acids is 2. The van der Waals surface area contributed by atoms with Crippen LogP contribution in [0.25, 0.3) is 0 Å². The van der Waals surface area contributed by atoms with Gasteiger partial charge in [-0.2, -0.15) is 0 Å². The number of aliphatic hydroxyl groups excluding tert-OH is 2. The maximum Gasteiger partial charge on any atom is 0.305 e. The van der Waals surface area contributed by atoms with E-state index < -0.39 is 12.1 Å². The molecule has 71 heavy (non-hydrogen) atoms. The monoisotopic (exact) mass is 998 g/mol. The Morgan fingerprint density at radius 3 is 1.00 bits per heavy atom. The van der Waals surface area contributed by atoms with Crippen LogP contribution in [0, 0.1) is 0 Å². The third kappa shape index (κ3) is 57.2. The Hall–Kier alpha value is -1.92. The fraction of sp³-hybridized carbons (Fsp3) is 0.877. The molecule has 0 aliphatic carbocycles. The molecule has 0 saturated heterocycles. The standard InChI is InChI=1S/C65H123NO5/c1-3-5-7-9-11-13-15-16-32-36-39-43-47-51-55-59-65(70)71-60-56-52-48-44-40-37-34-31-29-27-25-23-21-19-17-18-20-22-24-26-28-30-33-35-38-42-46-50-54-58-64(69)66-62(61-67)63(68)57-53-49-45-41-14-12-10-8-6-4-2/h16-17,19,32,53,57,62-63,67-68H,3-15,18,20-31,33-52,54-56,58-61H2,1-2H3,(H,66,69)/b19-17-,32-16-,57-53+. The number of amides is 1. The van der Waals surface area contributed by atoms with E-state index in [9.17, 15) is 19.8 Å². The van der Waals surface area contributed by atoms with Crippen LogP contribution in [-0.4, -0.2) is 47.4 Å². The van der Waals surface area contributed by atoms with Gasteiger partial charge in [0.05, 0.1) is 25.4 Å². The van der Waals surface area contributed by atoms with Gasteiger partial charge in [0.15, 0.2) is 0 Å². The van der Waals surface area contributed by atoms with E-state index in [1.165, 1.54) is 270 Å². The van der Waals surface area contributed by atoms with Crippen LogP contribution in [0.4, 0.5) is 0 Å². The number of esters is 1. The lowest BCUT2D eigenvalue weighted by molar-refractivity contribution is -0.143. The van der Waals surface area contributed by atoms with E-state index in [1.54, 1.807) is 6.08 Å². The molecule has 0 aromatic heterocycles. The number of carbonyl (C=O) groups is 2. The minimum atomic E-state index is -0.842. The zero-order valence-corrected chi connectivity index (χ0v) is 47.7. The summed E-state index contributed by atoms with van der Waals surface area (Å²) in [5.74, 6) is -0.0604. The Bertz CT molecular complexity index is 1150. The molecule has 0 fully saturated rings. The SMILES string of the molecule is CCCCCCCC/C=C\CCCCCCCC(=O)OCCCCCCCCCCCCCC/C=C\CCCCCCCCCCCCCCCC(=O)NC(CO)C(O)/C=C/CCCCCCCCCC.